The van der Waals surface area contributed by atoms with Gasteiger partial charge in [0.15, 0.2) is 28.8 Å². The third-order valence-corrected chi connectivity index (χ3v) is 4.27. The highest BCUT2D eigenvalue weighted by atomic mass is 16.5. The summed E-state index contributed by atoms with van der Waals surface area (Å²) >= 11 is 0. The molecule has 2 aromatic rings. The number of benzene rings is 2. The van der Waals surface area contributed by atoms with E-state index in [1.54, 1.807) is 30.3 Å². The van der Waals surface area contributed by atoms with E-state index in [4.69, 9.17) is 23.7 Å². The zero-order valence-electron chi connectivity index (χ0n) is 15.5. The van der Waals surface area contributed by atoms with E-state index in [0.717, 1.165) is 0 Å². The van der Waals surface area contributed by atoms with Gasteiger partial charge in [-0.2, -0.15) is 0 Å². The van der Waals surface area contributed by atoms with Crippen molar-refractivity contribution in [2.75, 3.05) is 35.0 Å². The molecule has 0 spiro atoms. The first kappa shape index (κ1) is 18.4. The topological polar surface area (TPSA) is 83.5 Å². The van der Waals surface area contributed by atoms with Gasteiger partial charge in [-0.15, -0.1) is 0 Å². The Balaban J connectivity index is 2.01. The molecule has 2 aromatic carbocycles. The number of ketones is 1. The number of fused-ring (bicyclic) bond motifs is 1. The second-order valence-corrected chi connectivity index (χ2v) is 5.74. The minimum absolute atomic E-state index is 0.0171. The van der Waals surface area contributed by atoms with E-state index in [0.29, 0.717) is 39.7 Å². The van der Waals surface area contributed by atoms with Gasteiger partial charge in [0.1, 0.15) is 6.61 Å². The van der Waals surface area contributed by atoms with Crippen molar-refractivity contribution in [3.63, 3.8) is 0 Å². The Morgan fingerprint density at radius 1 is 0.963 bits per heavy atom. The Morgan fingerprint density at radius 3 is 2.15 bits per heavy atom. The molecular weight excluding hydrogens is 352 g/mol. The van der Waals surface area contributed by atoms with Crippen molar-refractivity contribution in [2.45, 2.75) is 0 Å². The summed E-state index contributed by atoms with van der Waals surface area (Å²) < 4.78 is 26.6. The van der Waals surface area contributed by atoms with E-state index in [-0.39, 0.29) is 23.9 Å². The molecule has 142 valence electrons. The van der Waals surface area contributed by atoms with Crippen molar-refractivity contribution < 1.29 is 33.6 Å². The SMILES string of the molecule is COc1ccc2c(c1O)OCC(C(=O)c1cc(OC)c(OC)c(OC)c1)=C2. The van der Waals surface area contributed by atoms with Gasteiger partial charge in [0.05, 0.1) is 28.4 Å². The minimum Gasteiger partial charge on any atom is -0.502 e. The summed E-state index contributed by atoms with van der Waals surface area (Å²) in [4.78, 5) is 13.0. The Labute approximate surface area is 156 Å². The van der Waals surface area contributed by atoms with E-state index in [2.05, 4.69) is 0 Å². The fourth-order valence-corrected chi connectivity index (χ4v) is 2.91. The van der Waals surface area contributed by atoms with Crippen LogP contribution in [0.5, 0.6) is 34.5 Å². The molecule has 3 rings (SSSR count). The molecular formula is C20H20O7. The number of hydrogen-bond donors (Lipinski definition) is 1. The van der Waals surface area contributed by atoms with Gasteiger partial charge in [-0.3, -0.25) is 4.79 Å². The number of methoxy groups -OCH3 is 4. The van der Waals surface area contributed by atoms with Crippen LogP contribution in [-0.4, -0.2) is 45.9 Å². The molecule has 0 radical (unpaired) electrons. The molecule has 0 aliphatic carbocycles. The highest BCUT2D eigenvalue weighted by Crippen LogP contribution is 2.43. The third-order valence-electron chi connectivity index (χ3n) is 4.27. The molecule has 1 aliphatic rings. The molecule has 0 unspecified atom stereocenters. The summed E-state index contributed by atoms with van der Waals surface area (Å²) in [6.45, 7) is 0.0171. The van der Waals surface area contributed by atoms with Crippen molar-refractivity contribution in [3.8, 4) is 34.5 Å². The van der Waals surface area contributed by atoms with Crippen LogP contribution in [-0.2, 0) is 0 Å². The molecule has 7 heteroatoms. The van der Waals surface area contributed by atoms with Crippen LogP contribution >= 0.6 is 0 Å². The number of carbonyl (C=O) groups is 1. The first-order valence-electron chi connectivity index (χ1n) is 8.12. The summed E-state index contributed by atoms with van der Waals surface area (Å²) in [5.41, 5.74) is 1.40. The Morgan fingerprint density at radius 2 is 1.59 bits per heavy atom. The van der Waals surface area contributed by atoms with Gasteiger partial charge in [0.25, 0.3) is 0 Å². The zero-order chi connectivity index (χ0) is 19.6. The highest BCUT2D eigenvalue weighted by Gasteiger charge is 2.24. The second-order valence-electron chi connectivity index (χ2n) is 5.74. The summed E-state index contributed by atoms with van der Waals surface area (Å²) in [6, 6.07) is 6.51. The molecule has 0 saturated heterocycles. The molecule has 27 heavy (non-hydrogen) atoms. The van der Waals surface area contributed by atoms with Crippen molar-refractivity contribution in [3.05, 3.63) is 41.0 Å². The lowest BCUT2D eigenvalue weighted by atomic mass is 9.98. The predicted molar refractivity (Wildman–Crippen MR) is 98.6 cm³/mol. The monoisotopic (exact) mass is 372 g/mol. The largest absolute Gasteiger partial charge is 0.502 e. The molecule has 1 heterocycles. The Kier molecular flexibility index (Phi) is 5.12. The number of phenols is 1. The summed E-state index contributed by atoms with van der Waals surface area (Å²) in [5.74, 6) is 1.45. The summed E-state index contributed by atoms with van der Waals surface area (Å²) in [7, 11) is 5.93. The van der Waals surface area contributed by atoms with Gasteiger partial charge in [-0.05, 0) is 30.3 Å². The number of Topliss-reactive ketones (excluding diaryl/α,β-unsaturated/α-hetero) is 1. The third kappa shape index (κ3) is 3.23. The van der Waals surface area contributed by atoms with Crippen molar-refractivity contribution in [1.29, 1.82) is 0 Å². The van der Waals surface area contributed by atoms with Gasteiger partial charge in [0.2, 0.25) is 11.5 Å². The number of aromatic hydroxyl groups is 1. The fourth-order valence-electron chi connectivity index (χ4n) is 2.91. The van der Waals surface area contributed by atoms with E-state index in [9.17, 15) is 9.90 Å². The van der Waals surface area contributed by atoms with Crippen LogP contribution in [0.2, 0.25) is 0 Å². The maximum Gasteiger partial charge on any atom is 0.203 e. The van der Waals surface area contributed by atoms with E-state index < -0.39 is 0 Å². The number of phenolic OH excluding ortho intramolecular Hbond substituents is 1. The molecule has 0 saturated carbocycles. The van der Waals surface area contributed by atoms with Crippen molar-refractivity contribution >= 4 is 11.9 Å². The summed E-state index contributed by atoms with van der Waals surface area (Å²) in [5, 5.41) is 10.2. The standard InChI is InChI=1S/C20H20O7/c1-23-14-6-5-11-7-13(10-27-19(11)18(14)22)17(21)12-8-15(24-2)20(26-4)16(9-12)25-3/h5-9,22H,10H2,1-4H3. The van der Waals surface area contributed by atoms with Crippen molar-refractivity contribution in [1.82, 2.24) is 0 Å². The van der Waals surface area contributed by atoms with E-state index in [1.165, 1.54) is 28.4 Å². The van der Waals surface area contributed by atoms with Gasteiger partial charge >= 0.3 is 0 Å². The van der Waals surface area contributed by atoms with Crippen LogP contribution in [0.15, 0.2) is 29.8 Å². The van der Waals surface area contributed by atoms with Crippen LogP contribution in [0, 0.1) is 0 Å². The molecule has 7 nitrogen and oxygen atoms in total. The fraction of sp³-hybridized carbons (Fsp3) is 0.250. The average molecular weight is 372 g/mol. The van der Waals surface area contributed by atoms with Crippen LogP contribution in [0.3, 0.4) is 0 Å². The normalized spacial score (nSPS) is 12.4. The van der Waals surface area contributed by atoms with Gasteiger partial charge in [-0.25, -0.2) is 0 Å². The molecule has 0 fully saturated rings. The molecule has 1 aliphatic heterocycles. The van der Waals surface area contributed by atoms with Crippen molar-refractivity contribution in [2.24, 2.45) is 0 Å². The number of hydrogen-bond acceptors (Lipinski definition) is 7. The average Bonchev–Trinajstić information content (AvgIpc) is 2.72. The predicted octanol–water partition coefficient (Wildman–Crippen LogP) is 3.09. The van der Waals surface area contributed by atoms with Gasteiger partial charge in [-0.1, -0.05) is 0 Å². The van der Waals surface area contributed by atoms with Crippen LogP contribution < -0.4 is 23.7 Å². The molecule has 0 amide bonds. The maximum absolute atomic E-state index is 13.0. The Bertz CT molecular complexity index is 890. The first-order chi connectivity index (χ1) is 13.0. The lowest BCUT2D eigenvalue weighted by Gasteiger charge is -2.20. The number of carbonyl (C=O) groups excluding carboxylic acids is 1. The molecule has 1 N–H and O–H groups in total. The van der Waals surface area contributed by atoms with Crippen LogP contribution in [0.1, 0.15) is 15.9 Å². The smallest absolute Gasteiger partial charge is 0.203 e. The molecule has 0 aromatic heterocycles. The second kappa shape index (κ2) is 7.49. The Hall–Kier alpha value is -3.35. The lowest BCUT2D eigenvalue weighted by molar-refractivity contribution is 0.102. The molecule has 0 bridgehead atoms. The highest BCUT2D eigenvalue weighted by molar-refractivity contribution is 6.12. The van der Waals surface area contributed by atoms with Gasteiger partial charge in [0, 0.05) is 16.7 Å². The van der Waals surface area contributed by atoms with Crippen LogP contribution in [0.4, 0.5) is 0 Å². The van der Waals surface area contributed by atoms with E-state index in [1.807, 2.05) is 0 Å². The maximum atomic E-state index is 13.0. The number of rotatable bonds is 6. The van der Waals surface area contributed by atoms with Crippen LogP contribution in [0.25, 0.3) is 6.08 Å². The quantitative estimate of drug-likeness (QED) is 0.780. The zero-order valence-corrected chi connectivity index (χ0v) is 15.5. The van der Waals surface area contributed by atoms with Gasteiger partial charge < -0.3 is 28.8 Å². The first-order valence-corrected chi connectivity index (χ1v) is 8.12. The number of ether oxygens (including phenoxy) is 5. The lowest BCUT2D eigenvalue weighted by Crippen LogP contribution is -2.15. The van der Waals surface area contributed by atoms with E-state index >= 15 is 0 Å². The minimum atomic E-state index is -0.241. The molecule has 0 atom stereocenters. The summed E-state index contributed by atoms with van der Waals surface area (Å²) in [6.07, 6.45) is 1.68.